The standard InChI is InChI=1S/C12H12N2O3/c1-7-4-8(10(15)2-3-11(16)17)5-9-6-13-14-12(7)9/h4-6H,2-3H2,1H3,(H,13,14)(H,16,17). The van der Waals surface area contributed by atoms with Crippen molar-refractivity contribution in [2.75, 3.05) is 0 Å². The van der Waals surface area contributed by atoms with E-state index in [2.05, 4.69) is 10.2 Å². The van der Waals surface area contributed by atoms with Crippen LogP contribution >= 0.6 is 0 Å². The maximum Gasteiger partial charge on any atom is 0.303 e. The molecule has 2 aromatic rings. The first-order chi connectivity index (χ1) is 8.08. The second kappa shape index (κ2) is 4.37. The first kappa shape index (κ1) is 11.3. The summed E-state index contributed by atoms with van der Waals surface area (Å²) in [6.45, 7) is 1.88. The summed E-state index contributed by atoms with van der Waals surface area (Å²) in [6.07, 6.45) is 1.54. The van der Waals surface area contributed by atoms with E-state index in [1.165, 1.54) is 0 Å². The molecule has 0 atom stereocenters. The van der Waals surface area contributed by atoms with Gasteiger partial charge in [-0.05, 0) is 24.6 Å². The number of nitrogens with zero attached hydrogens (tertiary/aromatic N) is 1. The Bertz CT molecular complexity index is 586. The number of aromatic nitrogens is 2. The minimum absolute atomic E-state index is 0.0259. The molecule has 17 heavy (non-hydrogen) atoms. The van der Waals surface area contributed by atoms with Gasteiger partial charge in [0.1, 0.15) is 0 Å². The molecule has 2 rings (SSSR count). The van der Waals surface area contributed by atoms with Crippen LogP contribution in [0.2, 0.25) is 0 Å². The summed E-state index contributed by atoms with van der Waals surface area (Å²) in [5.41, 5.74) is 2.37. The number of aliphatic carboxylic acids is 1. The van der Waals surface area contributed by atoms with Crippen LogP contribution < -0.4 is 0 Å². The normalized spacial score (nSPS) is 10.6. The van der Waals surface area contributed by atoms with Crippen LogP contribution in [0.5, 0.6) is 0 Å². The molecule has 0 unspecified atom stereocenters. The van der Waals surface area contributed by atoms with Gasteiger partial charge in [-0.15, -0.1) is 0 Å². The van der Waals surface area contributed by atoms with Crippen molar-refractivity contribution >= 4 is 22.7 Å². The van der Waals surface area contributed by atoms with Gasteiger partial charge in [-0.2, -0.15) is 5.10 Å². The fourth-order valence-corrected chi connectivity index (χ4v) is 1.76. The highest BCUT2D eigenvalue weighted by molar-refractivity contribution is 6.01. The molecule has 5 heteroatoms. The van der Waals surface area contributed by atoms with E-state index in [0.29, 0.717) is 5.56 Å². The summed E-state index contributed by atoms with van der Waals surface area (Å²) in [7, 11) is 0. The number of ketones is 1. The van der Waals surface area contributed by atoms with Crippen molar-refractivity contribution in [1.29, 1.82) is 0 Å². The van der Waals surface area contributed by atoms with E-state index in [1.807, 2.05) is 6.92 Å². The molecule has 0 aliphatic carbocycles. The molecule has 5 nitrogen and oxygen atoms in total. The summed E-state index contributed by atoms with van der Waals surface area (Å²) in [4.78, 5) is 22.2. The Morgan fingerprint density at radius 1 is 1.35 bits per heavy atom. The van der Waals surface area contributed by atoms with E-state index < -0.39 is 5.97 Å². The Kier molecular flexibility index (Phi) is 2.91. The third-order valence-electron chi connectivity index (χ3n) is 2.63. The molecule has 0 bridgehead atoms. The number of H-pyrrole nitrogens is 1. The van der Waals surface area contributed by atoms with E-state index in [1.54, 1.807) is 18.3 Å². The van der Waals surface area contributed by atoms with Gasteiger partial charge < -0.3 is 5.11 Å². The van der Waals surface area contributed by atoms with Gasteiger partial charge in [0.05, 0.1) is 18.1 Å². The number of Topliss-reactive ketones (excluding diaryl/α,β-unsaturated/α-hetero) is 1. The minimum Gasteiger partial charge on any atom is -0.481 e. The van der Waals surface area contributed by atoms with Crippen LogP contribution in [-0.2, 0) is 4.79 Å². The molecule has 0 aliphatic rings. The van der Waals surface area contributed by atoms with Gasteiger partial charge in [-0.1, -0.05) is 0 Å². The van der Waals surface area contributed by atoms with Gasteiger partial charge in [-0.3, -0.25) is 14.7 Å². The fourth-order valence-electron chi connectivity index (χ4n) is 1.76. The first-order valence-electron chi connectivity index (χ1n) is 5.26. The predicted octanol–water partition coefficient (Wildman–Crippen LogP) is 1.92. The number of carboxylic acid groups (broad SMARTS) is 1. The Morgan fingerprint density at radius 2 is 2.12 bits per heavy atom. The van der Waals surface area contributed by atoms with Crippen molar-refractivity contribution in [1.82, 2.24) is 10.2 Å². The average molecular weight is 232 g/mol. The fraction of sp³-hybridized carbons (Fsp3) is 0.250. The van der Waals surface area contributed by atoms with Gasteiger partial charge in [0.25, 0.3) is 0 Å². The minimum atomic E-state index is -0.959. The molecule has 1 heterocycles. The Hall–Kier alpha value is -2.17. The SMILES string of the molecule is Cc1cc(C(=O)CCC(=O)O)cc2cn[nH]c12. The summed E-state index contributed by atoms with van der Waals surface area (Å²) in [6, 6.07) is 3.49. The Labute approximate surface area is 97.5 Å². The largest absolute Gasteiger partial charge is 0.481 e. The topological polar surface area (TPSA) is 83.1 Å². The predicted molar refractivity (Wildman–Crippen MR) is 62.0 cm³/mol. The summed E-state index contributed by atoms with van der Waals surface area (Å²) < 4.78 is 0. The molecule has 0 fully saturated rings. The molecule has 1 aromatic heterocycles. The van der Waals surface area contributed by atoms with Crippen LogP contribution in [0.3, 0.4) is 0 Å². The summed E-state index contributed by atoms with van der Waals surface area (Å²) in [5.74, 6) is -1.11. The zero-order valence-corrected chi connectivity index (χ0v) is 9.36. The Balaban J connectivity index is 2.29. The number of fused-ring (bicyclic) bond motifs is 1. The highest BCUT2D eigenvalue weighted by atomic mass is 16.4. The monoisotopic (exact) mass is 232 g/mol. The van der Waals surface area contributed by atoms with Crippen LogP contribution in [0.15, 0.2) is 18.3 Å². The molecule has 0 spiro atoms. The van der Waals surface area contributed by atoms with E-state index in [0.717, 1.165) is 16.5 Å². The number of benzene rings is 1. The number of hydrogen-bond acceptors (Lipinski definition) is 3. The Morgan fingerprint density at radius 3 is 2.82 bits per heavy atom. The molecule has 0 aliphatic heterocycles. The van der Waals surface area contributed by atoms with Gasteiger partial charge in [0.2, 0.25) is 0 Å². The van der Waals surface area contributed by atoms with E-state index in [9.17, 15) is 9.59 Å². The number of hydrogen-bond donors (Lipinski definition) is 2. The molecular weight excluding hydrogens is 220 g/mol. The maximum atomic E-state index is 11.8. The van der Waals surface area contributed by atoms with Gasteiger partial charge >= 0.3 is 5.97 Å². The molecule has 88 valence electrons. The van der Waals surface area contributed by atoms with Crippen LogP contribution in [0.25, 0.3) is 10.9 Å². The van der Waals surface area contributed by atoms with Crippen LogP contribution in [-0.4, -0.2) is 27.1 Å². The highest BCUT2D eigenvalue weighted by Crippen LogP contribution is 2.19. The van der Waals surface area contributed by atoms with Crippen molar-refractivity contribution in [2.45, 2.75) is 19.8 Å². The van der Waals surface area contributed by atoms with Crippen LogP contribution in [0.1, 0.15) is 28.8 Å². The molecule has 2 N–H and O–H groups in total. The second-order valence-corrected chi connectivity index (χ2v) is 3.94. The third-order valence-corrected chi connectivity index (χ3v) is 2.63. The maximum absolute atomic E-state index is 11.8. The number of nitrogens with one attached hydrogen (secondary N) is 1. The number of rotatable bonds is 4. The lowest BCUT2D eigenvalue weighted by Crippen LogP contribution is -2.04. The third kappa shape index (κ3) is 2.33. The van der Waals surface area contributed by atoms with Crippen molar-refractivity contribution in [2.24, 2.45) is 0 Å². The van der Waals surface area contributed by atoms with Crippen LogP contribution in [0.4, 0.5) is 0 Å². The number of carboxylic acids is 1. The number of aryl methyl sites for hydroxylation is 1. The van der Waals surface area contributed by atoms with Gasteiger partial charge in [0.15, 0.2) is 5.78 Å². The molecule has 1 aromatic carbocycles. The number of aromatic amines is 1. The molecule has 0 saturated carbocycles. The van der Waals surface area contributed by atoms with Crippen molar-refractivity contribution < 1.29 is 14.7 Å². The number of carbonyl (C=O) groups excluding carboxylic acids is 1. The van der Waals surface area contributed by atoms with E-state index in [-0.39, 0.29) is 18.6 Å². The zero-order chi connectivity index (χ0) is 12.4. The van der Waals surface area contributed by atoms with Gasteiger partial charge in [0, 0.05) is 17.4 Å². The molecule has 0 saturated heterocycles. The highest BCUT2D eigenvalue weighted by Gasteiger charge is 2.11. The molecular formula is C12H12N2O3. The quantitative estimate of drug-likeness (QED) is 0.789. The van der Waals surface area contributed by atoms with Crippen molar-refractivity contribution in [3.8, 4) is 0 Å². The smallest absolute Gasteiger partial charge is 0.303 e. The number of carbonyl (C=O) groups is 2. The van der Waals surface area contributed by atoms with Crippen LogP contribution in [0, 0.1) is 6.92 Å². The summed E-state index contributed by atoms with van der Waals surface area (Å²) >= 11 is 0. The van der Waals surface area contributed by atoms with E-state index >= 15 is 0 Å². The lowest BCUT2D eigenvalue weighted by Gasteiger charge is -2.02. The average Bonchev–Trinajstić information content (AvgIpc) is 2.74. The summed E-state index contributed by atoms with van der Waals surface area (Å²) in [5, 5.41) is 16.2. The lowest BCUT2D eigenvalue weighted by atomic mass is 10.0. The molecule has 0 amide bonds. The van der Waals surface area contributed by atoms with E-state index in [4.69, 9.17) is 5.11 Å². The zero-order valence-electron chi connectivity index (χ0n) is 9.36. The van der Waals surface area contributed by atoms with Gasteiger partial charge in [-0.25, -0.2) is 0 Å². The first-order valence-corrected chi connectivity index (χ1v) is 5.26. The lowest BCUT2D eigenvalue weighted by molar-refractivity contribution is -0.136. The second-order valence-electron chi connectivity index (χ2n) is 3.94. The van der Waals surface area contributed by atoms with Crippen molar-refractivity contribution in [3.05, 3.63) is 29.5 Å². The molecule has 0 radical (unpaired) electrons. The van der Waals surface area contributed by atoms with Crippen molar-refractivity contribution in [3.63, 3.8) is 0 Å².